The number of aryl methyl sites for hydroxylation is 1. The van der Waals surface area contributed by atoms with Crippen molar-refractivity contribution in [3.8, 4) is 5.69 Å². The van der Waals surface area contributed by atoms with Crippen molar-refractivity contribution < 1.29 is 9.18 Å². The highest BCUT2D eigenvalue weighted by Crippen LogP contribution is 2.20. The number of piperazine rings is 1. The number of carbonyl (C=O) groups is 1. The van der Waals surface area contributed by atoms with E-state index in [0.717, 1.165) is 43.2 Å². The molecule has 1 amide bonds. The Hall–Kier alpha value is -3.26. The van der Waals surface area contributed by atoms with Crippen LogP contribution in [0, 0.1) is 12.7 Å². The Balaban J connectivity index is 1.39. The van der Waals surface area contributed by atoms with E-state index in [1.807, 2.05) is 32.0 Å². The second-order valence-electron chi connectivity index (χ2n) is 7.45. The fourth-order valence-corrected chi connectivity index (χ4v) is 3.69. The molecule has 1 aromatic carbocycles. The third kappa shape index (κ3) is 4.33. The molecular weight excluding hydrogens is 383 g/mol. The van der Waals surface area contributed by atoms with E-state index in [-0.39, 0.29) is 17.8 Å². The molecule has 0 radical (unpaired) electrons. The first-order valence-electron chi connectivity index (χ1n) is 10.0. The molecule has 1 fully saturated rings. The minimum absolute atomic E-state index is 0.0690. The van der Waals surface area contributed by atoms with Crippen molar-refractivity contribution >= 4 is 17.4 Å². The molecular formula is C22H25FN6O. The van der Waals surface area contributed by atoms with E-state index in [1.165, 1.54) is 12.1 Å². The number of nitrogens with zero attached hydrogens (tertiary/aromatic N) is 5. The number of hydrogen-bond donors (Lipinski definition) is 1. The highest BCUT2D eigenvalue weighted by atomic mass is 19.1. The summed E-state index contributed by atoms with van der Waals surface area (Å²) in [6.07, 6.45) is 3.39. The summed E-state index contributed by atoms with van der Waals surface area (Å²) in [7, 11) is 0. The summed E-state index contributed by atoms with van der Waals surface area (Å²) < 4.78 is 14.9. The number of benzene rings is 1. The quantitative estimate of drug-likeness (QED) is 0.703. The second kappa shape index (κ2) is 8.62. The summed E-state index contributed by atoms with van der Waals surface area (Å²) in [5, 5.41) is 7.50. The average molecular weight is 408 g/mol. The highest BCUT2D eigenvalue weighted by Gasteiger charge is 2.26. The molecule has 30 heavy (non-hydrogen) atoms. The number of aromatic nitrogens is 3. The van der Waals surface area contributed by atoms with Crippen LogP contribution >= 0.6 is 0 Å². The fraction of sp³-hybridized carbons (Fsp3) is 0.318. The van der Waals surface area contributed by atoms with E-state index >= 15 is 0 Å². The van der Waals surface area contributed by atoms with Gasteiger partial charge in [-0.15, -0.1) is 0 Å². The lowest BCUT2D eigenvalue weighted by atomic mass is 10.2. The Kier molecular flexibility index (Phi) is 5.76. The van der Waals surface area contributed by atoms with Crippen molar-refractivity contribution in [3.05, 3.63) is 66.4 Å². The maximum absolute atomic E-state index is 13.1. The van der Waals surface area contributed by atoms with Gasteiger partial charge < -0.3 is 10.2 Å². The van der Waals surface area contributed by atoms with Crippen LogP contribution in [0.3, 0.4) is 0 Å². The molecule has 1 saturated heterocycles. The maximum atomic E-state index is 13.1. The van der Waals surface area contributed by atoms with Gasteiger partial charge in [0.25, 0.3) is 0 Å². The van der Waals surface area contributed by atoms with Gasteiger partial charge in [-0.3, -0.25) is 14.7 Å². The molecule has 4 rings (SSSR count). The smallest absolute Gasteiger partial charge is 0.242 e. The van der Waals surface area contributed by atoms with Crippen molar-refractivity contribution in [1.29, 1.82) is 0 Å². The van der Waals surface area contributed by atoms with Gasteiger partial charge in [0.15, 0.2) is 0 Å². The number of halogens is 1. The average Bonchev–Trinajstić information content (AvgIpc) is 3.14. The molecule has 8 heteroatoms. The molecule has 1 N–H and O–H groups in total. The predicted octanol–water partition coefficient (Wildman–Crippen LogP) is 2.86. The monoisotopic (exact) mass is 408 g/mol. The minimum Gasteiger partial charge on any atom is -0.369 e. The van der Waals surface area contributed by atoms with Crippen molar-refractivity contribution in [3.63, 3.8) is 0 Å². The van der Waals surface area contributed by atoms with E-state index in [1.54, 1.807) is 29.2 Å². The normalized spacial score (nSPS) is 15.8. The minimum atomic E-state index is -0.276. The standard InChI is InChI=1S/C22H25FN6O/c1-16-15-21(29(26-16)20-7-9-24-10-8-20)25-22(30)17(2)27-11-13-28(14-12-27)19-5-3-18(23)4-6-19/h3-10,15,17H,11-14H2,1-2H3,(H,25,30). The zero-order chi connectivity index (χ0) is 21.1. The maximum Gasteiger partial charge on any atom is 0.242 e. The first kappa shape index (κ1) is 20.0. The number of rotatable bonds is 5. The molecule has 3 heterocycles. The number of pyridine rings is 1. The second-order valence-corrected chi connectivity index (χ2v) is 7.45. The lowest BCUT2D eigenvalue weighted by molar-refractivity contribution is -0.120. The number of nitrogens with one attached hydrogen (secondary N) is 1. The first-order chi connectivity index (χ1) is 14.5. The Bertz CT molecular complexity index is 996. The van der Waals surface area contributed by atoms with Crippen molar-refractivity contribution in [2.45, 2.75) is 19.9 Å². The van der Waals surface area contributed by atoms with Crippen molar-refractivity contribution in [1.82, 2.24) is 19.7 Å². The molecule has 1 unspecified atom stereocenters. The van der Waals surface area contributed by atoms with Crippen molar-refractivity contribution in [2.75, 3.05) is 36.4 Å². The molecule has 156 valence electrons. The van der Waals surface area contributed by atoms with E-state index in [9.17, 15) is 9.18 Å². The molecule has 0 bridgehead atoms. The van der Waals surface area contributed by atoms with Crippen LogP contribution in [0.1, 0.15) is 12.6 Å². The van der Waals surface area contributed by atoms with Crippen LogP contribution in [0.25, 0.3) is 5.69 Å². The van der Waals surface area contributed by atoms with Crippen LogP contribution in [-0.2, 0) is 4.79 Å². The van der Waals surface area contributed by atoms with E-state index in [0.29, 0.717) is 5.82 Å². The summed E-state index contributed by atoms with van der Waals surface area (Å²) in [5.41, 5.74) is 2.67. The van der Waals surface area contributed by atoms with Gasteiger partial charge in [-0.2, -0.15) is 5.10 Å². The molecule has 1 aliphatic rings. The largest absolute Gasteiger partial charge is 0.369 e. The third-order valence-corrected chi connectivity index (χ3v) is 5.42. The number of amides is 1. The molecule has 2 aromatic heterocycles. The lowest BCUT2D eigenvalue weighted by Gasteiger charge is -2.38. The summed E-state index contributed by atoms with van der Waals surface area (Å²) in [6, 6.07) is 11.8. The Morgan fingerprint density at radius 2 is 1.70 bits per heavy atom. The van der Waals surface area contributed by atoms with Gasteiger partial charge in [-0.25, -0.2) is 9.07 Å². The zero-order valence-corrected chi connectivity index (χ0v) is 17.1. The SMILES string of the molecule is Cc1cc(NC(=O)C(C)N2CCN(c3ccc(F)cc3)CC2)n(-c2ccncc2)n1. The van der Waals surface area contributed by atoms with Crippen LogP contribution in [0.4, 0.5) is 15.9 Å². The summed E-state index contributed by atoms with van der Waals surface area (Å²) >= 11 is 0. The van der Waals surface area contributed by atoms with Crippen LogP contribution in [0.2, 0.25) is 0 Å². The van der Waals surface area contributed by atoms with E-state index < -0.39 is 0 Å². The molecule has 0 aliphatic carbocycles. The fourth-order valence-electron chi connectivity index (χ4n) is 3.69. The van der Waals surface area contributed by atoms with Crippen LogP contribution < -0.4 is 10.2 Å². The highest BCUT2D eigenvalue weighted by molar-refractivity contribution is 5.94. The summed E-state index contributed by atoms with van der Waals surface area (Å²) in [6.45, 7) is 6.91. The van der Waals surface area contributed by atoms with Gasteiger partial charge in [0.1, 0.15) is 11.6 Å². The topological polar surface area (TPSA) is 66.3 Å². The van der Waals surface area contributed by atoms with Gasteiger partial charge in [-0.1, -0.05) is 0 Å². The molecule has 1 aliphatic heterocycles. The number of carbonyl (C=O) groups excluding carboxylic acids is 1. The van der Waals surface area contributed by atoms with Gasteiger partial charge >= 0.3 is 0 Å². The lowest BCUT2D eigenvalue weighted by Crippen LogP contribution is -2.52. The van der Waals surface area contributed by atoms with Crippen LogP contribution in [0.15, 0.2) is 54.9 Å². The Morgan fingerprint density at radius 1 is 1.03 bits per heavy atom. The van der Waals surface area contributed by atoms with Crippen molar-refractivity contribution in [2.24, 2.45) is 0 Å². The number of anilines is 2. The first-order valence-corrected chi connectivity index (χ1v) is 10.0. The zero-order valence-electron chi connectivity index (χ0n) is 17.1. The molecule has 3 aromatic rings. The van der Waals surface area contributed by atoms with E-state index in [4.69, 9.17) is 0 Å². The summed E-state index contributed by atoms with van der Waals surface area (Å²) in [5.74, 6) is 0.338. The van der Waals surface area contributed by atoms with E-state index in [2.05, 4.69) is 25.2 Å². The Labute approximate surface area is 175 Å². The Morgan fingerprint density at radius 3 is 2.37 bits per heavy atom. The van der Waals surface area contributed by atoms with Gasteiger partial charge in [-0.05, 0) is 50.2 Å². The summed E-state index contributed by atoms with van der Waals surface area (Å²) in [4.78, 5) is 21.3. The van der Waals surface area contributed by atoms with Gasteiger partial charge in [0.05, 0.1) is 17.4 Å². The van der Waals surface area contributed by atoms with Gasteiger partial charge in [0.2, 0.25) is 5.91 Å². The molecule has 0 saturated carbocycles. The third-order valence-electron chi connectivity index (χ3n) is 5.42. The molecule has 1 atom stereocenters. The number of hydrogen-bond acceptors (Lipinski definition) is 5. The van der Waals surface area contributed by atoms with Crippen LogP contribution in [-0.4, -0.2) is 57.8 Å². The van der Waals surface area contributed by atoms with Gasteiger partial charge in [0, 0.05) is 50.3 Å². The predicted molar refractivity (Wildman–Crippen MR) is 114 cm³/mol. The molecule has 0 spiro atoms. The van der Waals surface area contributed by atoms with Crippen LogP contribution in [0.5, 0.6) is 0 Å². The molecule has 7 nitrogen and oxygen atoms in total.